The Bertz CT molecular complexity index is 210. The molecule has 0 saturated heterocycles. The Morgan fingerprint density at radius 3 is 1.44 bits per heavy atom. The van der Waals surface area contributed by atoms with Crippen LogP contribution in [-0.4, -0.2) is 0 Å². The second kappa shape index (κ2) is 2.95. The molecule has 0 aliphatic rings. The Labute approximate surface area is 81.9 Å². The van der Waals surface area contributed by atoms with Crippen LogP contribution < -0.4 is 0 Å². The Kier molecular flexibility index (Phi) is 2.66. The Morgan fingerprint density at radius 1 is 1.00 bits per heavy atom. The van der Waals surface area contributed by atoms with Crippen LogP contribution >= 0.6 is 56.5 Å². The van der Waals surface area contributed by atoms with Crippen molar-refractivity contribution in [2.45, 2.75) is 0 Å². The van der Waals surface area contributed by atoms with Crippen molar-refractivity contribution in [3.05, 3.63) is 17.4 Å². The molecule has 50 valence electrons. The van der Waals surface area contributed by atoms with Crippen molar-refractivity contribution in [2.75, 3.05) is 0 Å². The van der Waals surface area contributed by atoms with E-state index in [1.807, 2.05) is 0 Å². The number of thiophene rings is 1. The Balaban J connectivity index is 3.29. The molecule has 1 aromatic rings. The average molecular weight is 372 g/mol. The van der Waals surface area contributed by atoms with Gasteiger partial charge in [0.2, 0.25) is 0 Å². The molecule has 0 radical (unpaired) electrons. The minimum atomic E-state index is -0.718. The van der Waals surface area contributed by atoms with Gasteiger partial charge in [-0.15, -0.1) is 11.3 Å². The summed E-state index contributed by atoms with van der Waals surface area (Å²) in [4.78, 5) is 0. The van der Waals surface area contributed by atoms with Gasteiger partial charge >= 0.3 is 0 Å². The van der Waals surface area contributed by atoms with E-state index in [9.17, 15) is 8.78 Å². The highest BCUT2D eigenvalue weighted by Crippen LogP contribution is 2.27. The molecule has 0 bridgehead atoms. The van der Waals surface area contributed by atoms with Gasteiger partial charge in [-0.25, -0.2) is 8.78 Å². The third-order valence-corrected chi connectivity index (χ3v) is 3.70. The summed E-state index contributed by atoms with van der Waals surface area (Å²) >= 11 is 4.66. The van der Waals surface area contributed by atoms with Crippen LogP contribution in [0, 0.1) is 17.4 Å². The molecule has 9 heavy (non-hydrogen) atoms. The minimum absolute atomic E-state index is 0.384. The quantitative estimate of drug-likeness (QED) is 0.614. The largest absolute Gasteiger partial charge is 0.202 e. The first-order valence-electron chi connectivity index (χ1n) is 1.91. The molecule has 0 aromatic carbocycles. The first-order chi connectivity index (χ1) is 4.13. The smallest absolute Gasteiger partial charge is 0.184 e. The zero-order valence-electron chi connectivity index (χ0n) is 3.92. The van der Waals surface area contributed by atoms with E-state index in [0.717, 1.165) is 11.3 Å². The molecule has 0 aliphatic heterocycles. The van der Waals surface area contributed by atoms with Crippen LogP contribution in [0.4, 0.5) is 8.78 Å². The molecule has 5 heteroatoms. The van der Waals surface area contributed by atoms with Crippen molar-refractivity contribution in [1.29, 1.82) is 0 Å². The van der Waals surface area contributed by atoms with E-state index in [0.29, 0.717) is 5.77 Å². The molecule has 0 aliphatic carbocycles. The van der Waals surface area contributed by atoms with Gasteiger partial charge in [-0.3, -0.25) is 0 Å². The minimum Gasteiger partial charge on any atom is -0.202 e. The van der Waals surface area contributed by atoms with Crippen molar-refractivity contribution >= 4 is 56.5 Å². The van der Waals surface area contributed by atoms with Crippen LogP contribution in [0.2, 0.25) is 0 Å². The highest BCUT2D eigenvalue weighted by molar-refractivity contribution is 14.1. The van der Waals surface area contributed by atoms with E-state index in [4.69, 9.17) is 0 Å². The van der Waals surface area contributed by atoms with Gasteiger partial charge in [0.05, 0.1) is 0 Å². The average Bonchev–Trinajstić information content (AvgIpc) is 1.98. The van der Waals surface area contributed by atoms with Gasteiger partial charge in [-0.1, -0.05) is 0 Å². The Hall–Kier alpha value is 1.02. The van der Waals surface area contributed by atoms with Gasteiger partial charge in [0, 0.05) is 0 Å². The molecule has 1 aromatic heterocycles. The van der Waals surface area contributed by atoms with Gasteiger partial charge < -0.3 is 0 Å². The van der Waals surface area contributed by atoms with Gasteiger partial charge in [0.1, 0.15) is 5.77 Å². The molecule has 0 N–H and O–H groups in total. The van der Waals surface area contributed by atoms with Crippen molar-refractivity contribution < 1.29 is 8.78 Å². The summed E-state index contributed by atoms with van der Waals surface area (Å²) in [6.07, 6.45) is 0. The molecule has 0 spiro atoms. The third kappa shape index (κ3) is 1.53. The zero-order valence-corrected chi connectivity index (χ0v) is 9.05. The third-order valence-electron chi connectivity index (χ3n) is 0.717. The van der Waals surface area contributed by atoms with Gasteiger partial charge in [-0.2, -0.15) is 0 Å². The molecule has 0 nitrogen and oxygen atoms in total. The van der Waals surface area contributed by atoms with Crippen LogP contribution in [0.25, 0.3) is 0 Å². The normalized spacial score (nSPS) is 10.2. The van der Waals surface area contributed by atoms with Crippen LogP contribution in [0.3, 0.4) is 0 Å². The predicted molar refractivity (Wildman–Crippen MR) is 49.7 cm³/mol. The molecular formula is C4F2I2S. The molecule has 0 amide bonds. The highest BCUT2D eigenvalue weighted by Gasteiger charge is 2.13. The maximum absolute atomic E-state index is 12.4. The van der Waals surface area contributed by atoms with E-state index >= 15 is 0 Å². The summed E-state index contributed by atoms with van der Waals surface area (Å²) in [7, 11) is 0. The van der Waals surface area contributed by atoms with E-state index in [2.05, 4.69) is 0 Å². The van der Waals surface area contributed by atoms with Crippen molar-refractivity contribution in [2.24, 2.45) is 0 Å². The van der Waals surface area contributed by atoms with Crippen LogP contribution in [0.1, 0.15) is 0 Å². The summed E-state index contributed by atoms with van der Waals surface area (Å²) in [5.41, 5.74) is 0. The molecule has 0 saturated carbocycles. The summed E-state index contributed by atoms with van der Waals surface area (Å²) in [5.74, 6) is -1.44. The molecule has 0 atom stereocenters. The maximum atomic E-state index is 12.4. The zero-order chi connectivity index (χ0) is 7.02. The van der Waals surface area contributed by atoms with Gasteiger partial charge in [0.15, 0.2) is 11.6 Å². The lowest BCUT2D eigenvalue weighted by Gasteiger charge is -1.78. The number of halogens is 4. The van der Waals surface area contributed by atoms with Crippen molar-refractivity contribution in [1.82, 2.24) is 0 Å². The van der Waals surface area contributed by atoms with Gasteiger partial charge in [0.25, 0.3) is 0 Å². The summed E-state index contributed by atoms with van der Waals surface area (Å²) in [5, 5.41) is 0. The molecule has 1 rings (SSSR count). The van der Waals surface area contributed by atoms with E-state index in [1.165, 1.54) is 0 Å². The first-order valence-corrected chi connectivity index (χ1v) is 4.89. The van der Waals surface area contributed by atoms with E-state index in [1.54, 1.807) is 45.2 Å². The number of rotatable bonds is 0. The fourth-order valence-electron chi connectivity index (χ4n) is 0.341. The van der Waals surface area contributed by atoms with E-state index in [-0.39, 0.29) is 0 Å². The van der Waals surface area contributed by atoms with E-state index < -0.39 is 11.6 Å². The SMILES string of the molecule is Fc1c(I)sc(I)c1F. The molecule has 0 unspecified atom stereocenters. The monoisotopic (exact) mass is 372 g/mol. The molecular weight excluding hydrogens is 372 g/mol. The first kappa shape index (κ1) is 8.12. The molecule has 0 fully saturated rings. The fourth-order valence-corrected chi connectivity index (χ4v) is 3.92. The highest BCUT2D eigenvalue weighted by atomic mass is 127. The standard InChI is InChI=1S/C4F2I2S/c5-1-2(6)4(8)9-3(1)7. The Morgan fingerprint density at radius 2 is 1.33 bits per heavy atom. The second-order valence-electron chi connectivity index (χ2n) is 1.28. The maximum Gasteiger partial charge on any atom is 0.184 e. The lowest BCUT2D eigenvalue weighted by molar-refractivity contribution is 0.509. The van der Waals surface area contributed by atoms with Crippen LogP contribution in [-0.2, 0) is 0 Å². The summed E-state index contributed by atoms with van der Waals surface area (Å²) in [6.45, 7) is 0. The number of hydrogen-bond acceptors (Lipinski definition) is 1. The predicted octanol–water partition coefficient (Wildman–Crippen LogP) is 3.24. The topological polar surface area (TPSA) is 0 Å². The lowest BCUT2D eigenvalue weighted by atomic mass is 10.6. The molecule has 1 heterocycles. The summed E-state index contributed by atoms with van der Waals surface area (Å²) in [6, 6.07) is 0. The van der Waals surface area contributed by atoms with Crippen molar-refractivity contribution in [3.63, 3.8) is 0 Å². The van der Waals surface area contributed by atoms with Crippen LogP contribution in [0.15, 0.2) is 0 Å². The fraction of sp³-hybridized carbons (Fsp3) is 0. The van der Waals surface area contributed by atoms with Crippen LogP contribution in [0.5, 0.6) is 0 Å². The number of hydrogen-bond donors (Lipinski definition) is 0. The second-order valence-corrected chi connectivity index (χ2v) is 5.92. The van der Waals surface area contributed by atoms with Gasteiger partial charge in [-0.05, 0) is 45.2 Å². The summed E-state index contributed by atoms with van der Waals surface area (Å²) < 4.78 is 25.5. The van der Waals surface area contributed by atoms with Crippen molar-refractivity contribution in [3.8, 4) is 0 Å². The lowest BCUT2D eigenvalue weighted by Crippen LogP contribution is -1.76.